The van der Waals surface area contributed by atoms with Gasteiger partial charge in [0.15, 0.2) is 0 Å². The van der Waals surface area contributed by atoms with Crippen LogP contribution >= 0.6 is 0 Å². The molecule has 2 rings (SSSR count). The molecule has 0 radical (unpaired) electrons. The lowest BCUT2D eigenvalue weighted by molar-refractivity contribution is 0.100. The first kappa shape index (κ1) is 12.9. The van der Waals surface area contributed by atoms with Gasteiger partial charge in [-0.25, -0.2) is 0 Å². The summed E-state index contributed by atoms with van der Waals surface area (Å²) in [6, 6.07) is 6.88. The fraction of sp³-hybridized carbons (Fsp3) is 0.143. The number of hydrogen-bond acceptors (Lipinski definition) is 4. The van der Waals surface area contributed by atoms with E-state index in [1.54, 1.807) is 30.6 Å². The molecular weight excluding hydrogens is 240 g/mol. The highest BCUT2D eigenvalue weighted by atomic mass is 16.1. The summed E-state index contributed by atoms with van der Waals surface area (Å²) in [5, 5.41) is 3.20. The average Bonchev–Trinajstić information content (AvgIpc) is 2.39. The first-order valence-corrected chi connectivity index (χ1v) is 5.90. The van der Waals surface area contributed by atoms with Gasteiger partial charge in [0, 0.05) is 24.5 Å². The van der Waals surface area contributed by atoms with E-state index in [2.05, 4.69) is 10.3 Å². The zero-order valence-corrected chi connectivity index (χ0v) is 10.7. The Morgan fingerprint density at radius 2 is 2.16 bits per heavy atom. The number of nitrogen functional groups attached to an aromatic ring is 1. The molecule has 0 aliphatic carbocycles. The number of amides is 1. The lowest BCUT2D eigenvalue weighted by Crippen LogP contribution is -2.12. The molecule has 98 valence electrons. The summed E-state index contributed by atoms with van der Waals surface area (Å²) in [7, 11) is 0. The van der Waals surface area contributed by atoms with Crippen molar-refractivity contribution in [2.75, 3.05) is 11.1 Å². The third kappa shape index (κ3) is 3.01. The highest BCUT2D eigenvalue weighted by molar-refractivity contribution is 5.94. The Kier molecular flexibility index (Phi) is 3.66. The van der Waals surface area contributed by atoms with E-state index in [1.165, 1.54) is 0 Å². The van der Waals surface area contributed by atoms with Crippen molar-refractivity contribution in [3.8, 4) is 0 Å². The average molecular weight is 256 g/mol. The lowest BCUT2D eigenvalue weighted by atomic mass is 10.1. The van der Waals surface area contributed by atoms with E-state index in [4.69, 9.17) is 11.5 Å². The molecular formula is C14H16N4O. The zero-order chi connectivity index (χ0) is 13.8. The molecule has 19 heavy (non-hydrogen) atoms. The summed E-state index contributed by atoms with van der Waals surface area (Å²) in [4.78, 5) is 15.2. The Balaban J connectivity index is 2.17. The van der Waals surface area contributed by atoms with Crippen LogP contribution in [-0.4, -0.2) is 10.9 Å². The molecule has 0 aliphatic heterocycles. The van der Waals surface area contributed by atoms with Gasteiger partial charge in [0.2, 0.25) is 5.91 Å². The second-order valence-corrected chi connectivity index (χ2v) is 4.32. The monoisotopic (exact) mass is 256 g/mol. The standard InChI is InChI=1S/C14H16N4O/c1-9-7-17-5-4-11(9)8-18-13-6-10(14(16)19)2-3-12(13)15/h2-7,18H,8,15H2,1H3,(H2,16,19). The minimum Gasteiger partial charge on any atom is -0.397 e. The molecule has 1 aromatic carbocycles. The molecule has 0 spiro atoms. The van der Waals surface area contributed by atoms with Crippen molar-refractivity contribution in [1.29, 1.82) is 0 Å². The summed E-state index contributed by atoms with van der Waals surface area (Å²) < 4.78 is 0. The Bertz CT molecular complexity index is 610. The van der Waals surface area contributed by atoms with Crippen molar-refractivity contribution in [2.24, 2.45) is 5.73 Å². The largest absolute Gasteiger partial charge is 0.397 e. The van der Waals surface area contributed by atoms with E-state index < -0.39 is 5.91 Å². The molecule has 1 amide bonds. The van der Waals surface area contributed by atoms with Crippen LogP contribution in [0.5, 0.6) is 0 Å². The van der Waals surface area contributed by atoms with E-state index in [-0.39, 0.29) is 0 Å². The number of nitrogens with zero attached hydrogens (tertiary/aromatic N) is 1. The number of anilines is 2. The molecule has 5 heteroatoms. The normalized spacial score (nSPS) is 10.2. The molecule has 5 N–H and O–H groups in total. The molecule has 1 heterocycles. The smallest absolute Gasteiger partial charge is 0.248 e. The molecule has 1 aromatic heterocycles. The molecule has 0 atom stereocenters. The Labute approximate surface area is 111 Å². The number of benzene rings is 1. The van der Waals surface area contributed by atoms with E-state index in [1.807, 2.05) is 13.0 Å². The summed E-state index contributed by atoms with van der Waals surface area (Å²) in [5.74, 6) is -0.469. The van der Waals surface area contributed by atoms with Crippen molar-refractivity contribution in [3.63, 3.8) is 0 Å². The van der Waals surface area contributed by atoms with Crippen LogP contribution in [0.15, 0.2) is 36.7 Å². The number of nitrogens with one attached hydrogen (secondary N) is 1. The predicted molar refractivity (Wildman–Crippen MR) is 75.7 cm³/mol. The van der Waals surface area contributed by atoms with Crippen LogP contribution < -0.4 is 16.8 Å². The maximum Gasteiger partial charge on any atom is 0.248 e. The van der Waals surface area contributed by atoms with Gasteiger partial charge in [-0.3, -0.25) is 9.78 Å². The number of rotatable bonds is 4. The van der Waals surface area contributed by atoms with E-state index >= 15 is 0 Å². The van der Waals surface area contributed by atoms with Crippen LogP contribution in [0, 0.1) is 6.92 Å². The Hall–Kier alpha value is -2.56. The van der Waals surface area contributed by atoms with E-state index in [0.717, 1.165) is 11.1 Å². The fourth-order valence-corrected chi connectivity index (χ4v) is 1.75. The molecule has 0 fully saturated rings. The quantitative estimate of drug-likeness (QED) is 0.725. The van der Waals surface area contributed by atoms with Crippen molar-refractivity contribution >= 4 is 17.3 Å². The highest BCUT2D eigenvalue weighted by Crippen LogP contribution is 2.21. The lowest BCUT2D eigenvalue weighted by Gasteiger charge is -2.11. The van der Waals surface area contributed by atoms with Gasteiger partial charge in [-0.2, -0.15) is 0 Å². The first-order chi connectivity index (χ1) is 9.08. The SMILES string of the molecule is Cc1cnccc1CNc1cc(C(N)=O)ccc1N. The third-order valence-electron chi connectivity index (χ3n) is 2.94. The number of hydrogen-bond donors (Lipinski definition) is 3. The number of aryl methyl sites for hydroxylation is 1. The van der Waals surface area contributed by atoms with Gasteiger partial charge in [0.1, 0.15) is 0 Å². The van der Waals surface area contributed by atoms with Gasteiger partial charge in [0.05, 0.1) is 11.4 Å². The third-order valence-corrected chi connectivity index (χ3v) is 2.94. The highest BCUT2D eigenvalue weighted by Gasteiger charge is 2.05. The topological polar surface area (TPSA) is 94.0 Å². The first-order valence-electron chi connectivity index (χ1n) is 5.90. The van der Waals surface area contributed by atoms with Crippen molar-refractivity contribution < 1.29 is 4.79 Å². The molecule has 0 saturated heterocycles. The number of carbonyl (C=O) groups is 1. The number of carbonyl (C=O) groups excluding carboxylic acids is 1. The van der Waals surface area contributed by atoms with Crippen LogP contribution in [0.1, 0.15) is 21.5 Å². The van der Waals surface area contributed by atoms with Gasteiger partial charge >= 0.3 is 0 Å². The van der Waals surface area contributed by atoms with Gasteiger partial charge in [0.25, 0.3) is 0 Å². The van der Waals surface area contributed by atoms with Gasteiger partial charge < -0.3 is 16.8 Å². The Morgan fingerprint density at radius 3 is 2.84 bits per heavy atom. The van der Waals surface area contributed by atoms with Gasteiger partial charge in [-0.1, -0.05) is 0 Å². The molecule has 0 unspecified atom stereocenters. The fourth-order valence-electron chi connectivity index (χ4n) is 1.75. The van der Waals surface area contributed by atoms with Crippen LogP contribution in [0.3, 0.4) is 0 Å². The van der Waals surface area contributed by atoms with E-state index in [0.29, 0.717) is 23.5 Å². The van der Waals surface area contributed by atoms with Crippen molar-refractivity contribution in [2.45, 2.75) is 13.5 Å². The maximum atomic E-state index is 11.1. The number of nitrogens with two attached hydrogens (primary N) is 2. The summed E-state index contributed by atoms with van der Waals surface area (Å²) in [5.41, 5.74) is 15.0. The summed E-state index contributed by atoms with van der Waals surface area (Å²) in [6.45, 7) is 2.61. The van der Waals surface area contributed by atoms with E-state index in [9.17, 15) is 4.79 Å². The number of pyridine rings is 1. The van der Waals surface area contributed by atoms with Crippen molar-refractivity contribution in [1.82, 2.24) is 4.98 Å². The molecule has 2 aromatic rings. The van der Waals surface area contributed by atoms with Crippen LogP contribution in [0.2, 0.25) is 0 Å². The van der Waals surface area contributed by atoms with Gasteiger partial charge in [-0.15, -0.1) is 0 Å². The zero-order valence-electron chi connectivity index (χ0n) is 10.7. The molecule has 0 aliphatic rings. The predicted octanol–water partition coefficient (Wildman–Crippen LogP) is 1.68. The molecule has 5 nitrogen and oxygen atoms in total. The van der Waals surface area contributed by atoms with Crippen LogP contribution in [0.4, 0.5) is 11.4 Å². The minimum atomic E-state index is -0.469. The number of primary amides is 1. The van der Waals surface area contributed by atoms with Gasteiger partial charge in [-0.05, 0) is 42.3 Å². The van der Waals surface area contributed by atoms with Crippen LogP contribution in [0.25, 0.3) is 0 Å². The van der Waals surface area contributed by atoms with Crippen molar-refractivity contribution in [3.05, 3.63) is 53.3 Å². The second kappa shape index (κ2) is 5.39. The molecule has 0 bridgehead atoms. The summed E-state index contributed by atoms with van der Waals surface area (Å²) in [6.07, 6.45) is 3.55. The van der Waals surface area contributed by atoms with Crippen LogP contribution in [-0.2, 0) is 6.54 Å². The molecule has 0 saturated carbocycles. The Morgan fingerprint density at radius 1 is 1.37 bits per heavy atom. The second-order valence-electron chi connectivity index (χ2n) is 4.32. The summed E-state index contributed by atoms with van der Waals surface area (Å²) >= 11 is 0. The number of aromatic nitrogens is 1. The maximum absolute atomic E-state index is 11.1. The minimum absolute atomic E-state index is 0.433.